The fraction of sp³-hybridized carbons (Fsp3) is 1.00. The van der Waals surface area contributed by atoms with Crippen molar-refractivity contribution in [1.29, 1.82) is 0 Å². The highest BCUT2D eigenvalue weighted by molar-refractivity contribution is 4.45. The first-order valence-corrected chi connectivity index (χ1v) is 7.44. The van der Waals surface area contributed by atoms with E-state index in [0.717, 1.165) is 52.0 Å². The molecule has 4 heteroatoms. The summed E-state index contributed by atoms with van der Waals surface area (Å²) >= 11 is 0. The van der Waals surface area contributed by atoms with Gasteiger partial charge in [0.2, 0.25) is 0 Å². The molecule has 0 heterocycles. The predicted octanol–water partition coefficient (Wildman–Crippen LogP) is 2.40. The van der Waals surface area contributed by atoms with Gasteiger partial charge in [0, 0.05) is 13.2 Å². The van der Waals surface area contributed by atoms with E-state index in [1.165, 1.54) is 25.7 Å². The van der Waals surface area contributed by atoms with Crippen LogP contribution in [0.3, 0.4) is 0 Å². The van der Waals surface area contributed by atoms with E-state index in [-0.39, 0.29) is 6.29 Å². The first kappa shape index (κ1) is 17.8. The van der Waals surface area contributed by atoms with Crippen LogP contribution in [0, 0.1) is 0 Å². The minimum Gasteiger partial charge on any atom is -0.353 e. The van der Waals surface area contributed by atoms with E-state index >= 15 is 0 Å². The molecule has 0 aromatic rings. The smallest absolute Gasteiger partial charge is 0.154 e. The molecule has 0 aliphatic heterocycles. The topological polar surface area (TPSA) is 70.5 Å². The molecular formula is C14H32N2O2. The van der Waals surface area contributed by atoms with Crippen molar-refractivity contribution in [2.24, 2.45) is 11.5 Å². The summed E-state index contributed by atoms with van der Waals surface area (Å²) in [6.07, 6.45) is 9.17. The Balaban J connectivity index is 3.10. The quantitative estimate of drug-likeness (QED) is 0.372. The molecule has 0 aromatic heterocycles. The fourth-order valence-electron chi connectivity index (χ4n) is 1.75. The van der Waals surface area contributed by atoms with Gasteiger partial charge in [0.1, 0.15) is 0 Å². The molecule has 0 atom stereocenters. The average Bonchev–Trinajstić information content (AvgIpc) is 2.38. The van der Waals surface area contributed by atoms with Crippen LogP contribution < -0.4 is 11.5 Å². The van der Waals surface area contributed by atoms with Crippen LogP contribution in [0.15, 0.2) is 0 Å². The van der Waals surface area contributed by atoms with E-state index in [9.17, 15) is 0 Å². The molecule has 110 valence electrons. The van der Waals surface area contributed by atoms with Crippen molar-refractivity contribution in [3.63, 3.8) is 0 Å². The molecule has 18 heavy (non-hydrogen) atoms. The third-order valence-corrected chi connectivity index (χ3v) is 2.90. The molecule has 0 spiro atoms. The lowest BCUT2D eigenvalue weighted by Crippen LogP contribution is -2.14. The Kier molecular flexibility index (Phi) is 14.8. The number of hydrogen-bond donors (Lipinski definition) is 2. The zero-order valence-corrected chi connectivity index (χ0v) is 12.0. The van der Waals surface area contributed by atoms with Gasteiger partial charge in [-0.1, -0.05) is 25.7 Å². The maximum atomic E-state index is 5.58. The van der Waals surface area contributed by atoms with E-state index in [2.05, 4.69) is 0 Å². The molecule has 4 N–H and O–H groups in total. The summed E-state index contributed by atoms with van der Waals surface area (Å²) in [4.78, 5) is 0. The molecule has 0 aliphatic rings. The zero-order chi connectivity index (χ0) is 13.5. The Morgan fingerprint density at radius 3 is 1.44 bits per heavy atom. The van der Waals surface area contributed by atoms with Gasteiger partial charge in [-0.25, -0.2) is 0 Å². The molecule has 0 bridgehead atoms. The van der Waals surface area contributed by atoms with Gasteiger partial charge in [0.05, 0.1) is 0 Å². The van der Waals surface area contributed by atoms with Crippen LogP contribution in [-0.4, -0.2) is 32.6 Å². The van der Waals surface area contributed by atoms with Gasteiger partial charge < -0.3 is 20.9 Å². The molecule has 0 aromatic carbocycles. The van der Waals surface area contributed by atoms with Crippen LogP contribution in [0.5, 0.6) is 0 Å². The average molecular weight is 260 g/mol. The maximum absolute atomic E-state index is 5.58. The second-order valence-corrected chi connectivity index (χ2v) is 4.71. The predicted molar refractivity (Wildman–Crippen MR) is 76.4 cm³/mol. The Labute approximate surface area is 112 Å². The zero-order valence-electron chi connectivity index (χ0n) is 12.0. The van der Waals surface area contributed by atoms with Gasteiger partial charge in [0.15, 0.2) is 6.29 Å². The van der Waals surface area contributed by atoms with Gasteiger partial charge in [0.25, 0.3) is 0 Å². The third kappa shape index (κ3) is 13.9. The summed E-state index contributed by atoms with van der Waals surface area (Å²) in [6.45, 7) is 5.15. The molecule has 0 unspecified atom stereocenters. The monoisotopic (exact) mass is 260 g/mol. The molecule has 0 aliphatic carbocycles. The largest absolute Gasteiger partial charge is 0.353 e. The highest BCUT2D eigenvalue weighted by atomic mass is 16.7. The van der Waals surface area contributed by atoms with Crippen molar-refractivity contribution in [3.05, 3.63) is 0 Å². The Hall–Kier alpha value is -0.160. The first-order valence-electron chi connectivity index (χ1n) is 7.44. The summed E-state index contributed by atoms with van der Waals surface area (Å²) < 4.78 is 11.2. The summed E-state index contributed by atoms with van der Waals surface area (Å²) in [5.74, 6) is 0. The Morgan fingerprint density at radius 2 is 1.06 bits per heavy atom. The fourth-order valence-corrected chi connectivity index (χ4v) is 1.75. The van der Waals surface area contributed by atoms with Crippen LogP contribution in [0.1, 0.15) is 58.3 Å². The minimum atomic E-state index is -0.0750. The summed E-state index contributed by atoms with van der Waals surface area (Å²) in [6, 6.07) is 0. The van der Waals surface area contributed by atoms with Crippen molar-refractivity contribution < 1.29 is 9.47 Å². The number of unbranched alkanes of at least 4 members (excludes halogenated alkanes) is 6. The number of rotatable bonds is 14. The molecule has 0 saturated heterocycles. The lowest BCUT2D eigenvalue weighted by Gasteiger charge is -2.14. The lowest BCUT2D eigenvalue weighted by molar-refractivity contribution is -0.131. The minimum absolute atomic E-state index is 0.0750. The van der Waals surface area contributed by atoms with Crippen molar-refractivity contribution >= 4 is 0 Å². The third-order valence-electron chi connectivity index (χ3n) is 2.90. The van der Waals surface area contributed by atoms with E-state index in [1.54, 1.807) is 0 Å². The summed E-state index contributed by atoms with van der Waals surface area (Å²) in [5.41, 5.74) is 10.9. The Morgan fingerprint density at radius 1 is 0.667 bits per heavy atom. The summed E-state index contributed by atoms with van der Waals surface area (Å²) in [7, 11) is 0. The van der Waals surface area contributed by atoms with Gasteiger partial charge in [-0.3, -0.25) is 0 Å². The highest BCUT2D eigenvalue weighted by Gasteiger charge is 2.01. The van der Waals surface area contributed by atoms with Gasteiger partial charge in [-0.2, -0.15) is 0 Å². The van der Waals surface area contributed by atoms with Gasteiger partial charge in [-0.05, 0) is 45.7 Å². The SMILES string of the molecule is CC(OCCCCCCN)OCCCCCCN. The molecule has 0 fully saturated rings. The lowest BCUT2D eigenvalue weighted by atomic mass is 10.2. The molecule has 0 rings (SSSR count). The van der Waals surface area contributed by atoms with Crippen molar-refractivity contribution in [2.45, 2.75) is 64.6 Å². The molecule has 4 nitrogen and oxygen atoms in total. The van der Waals surface area contributed by atoms with Crippen LogP contribution in [0.4, 0.5) is 0 Å². The Bertz CT molecular complexity index is 141. The number of ether oxygens (including phenoxy) is 2. The van der Waals surface area contributed by atoms with Crippen molar-refractivity contribution in [3.8, 4) is 0 Å². The molecular weight excluding hydrogens is 228 g/mol. The standard InChI is InChI=1S/C14H32N2O2/c1-14(17-12-8-4-2-6-10-15)18-13-9-5-3-7-11-16/h14H,2-13,15-16H2,1H3. The van der Waals surface area contributed by atoms with E-state index in [4.69, 9.17) is 20.9 Å². The van der Waals surface area contributed by atoms with Crippen LogP contribution in [0.2, 0.25) is 0 Å². The van der Waals surface area contributed by atoms with Crippen LogP contribution in [-0.2, 0) is 9.47 Å². The highest BCUT2D eigenvalue weighted by Crippen LogP contribution is 2.04. The van der Waals surface area contributed by atoms with E-state index in [1.807, 2.05) is 6.92 Å². The number of nitrogens with two attached hydrogens (primary N) is 2. The summed E-state index contributed by atoms with van der Waals surface area (Å²) in [5, 5.41) is 0. The van der Waals surface area contributed by atoms with Crippen LogP contribution in [0.25, 0.3) is 0 Å². The molecule has 0 saturated carbocycles. The van der Waals surface area contributed by atoms with Gasteiger partial charge >= 0.3 is 0 Å². The first-order chi connectivity index (χ1) is 8.81. The second kappa shape index (κ2) is 14.9. The van der Waals surface area contributed by atoms with Crippen molar-refractivity contribution in [2.75, 3.05) is 26.3 Å². The van der Waals surface area contributed by atoms with E-state index < -0.39 is 0 Å². The van der Waals surface area contributed by atoms with Crippen LogP contribution >= 0.6 is 0 Å². The maximum Gasteiger partial charge on any atom is 0.154 e. The molecule has 0 radical (unpaired) electrons. The molecule has 0 amide bonds. The van der Waals surface area contributed by atoms with E-state index in [0.29, 0.717) is 0 Å². The van der Waals surface area contributed by atoms with Gasteiger partial charge in [-0.15, -0.1) is 0 Å². The van der Waals surface area contributed by atoms with Crippen molar-refractivity contribution in [1.82, 2.24) is 0 Å². The normalized spacial score (nSPS) is 11.3. The number of hydrogen-bond acceptors (Lipinski definition) is 4. The second-order valence-electron chi connectivity index (χ2n) is 4.71.